The normalized spacial score (nSPS) is 12.6. The SMILES string of the molecule is Cc1cc(/C=C(\C#N)C(=O)OCC(=O)Nc2ccc3c(c2)OCO3)c(C)n1CCC(C)C. The zero-order valence-corrected chi connectivity index (χ0v) is 18.7. The third-order valence-corrected chi connectivity index (χ3v) is 5.17. The molecule has 8 nitrogen and oxygen atoms in total. The molecule has 8 heteroatoms. The summed E-state index contributed by atoms with van der Waals surface area (Å²) in [4.78, 5) is 24.5. The summed E-state index contributed by atoms with van der Waals surface area (Å²) in [5.74, 6) is 0.327. The predicted octanol–water partition coefficient (Wildman–Crippen LogP) is 3.97. The number of nitriles is 1. The van der Waals surface area contributed by atoms with Gasteiger partial charge in [-0.2, -0.15) is 5.26 Å². The Morgan fingerprint density at radius 3 is 2.72 bits per heavy atom. The fourth-order valence-corrected chi connectivity index (χ4v) is 3.38. The standard InChI is InChI=1S/C24H27N3O5/c1-15(2)7-8-27-16(3)9-18(17(27)4)10-19(12-25)24(29)30-13-23(28)26-20-5-6-21-22(11-20)32-14-31-21/h5-6,9-11,15H,7-8,13-14H2,1-4H3,(H,26,28)/b19-10+. The Morgan fingerprint density at radius 2 is 2.00 bits per heavy atom. The number of aryl methyl sites for hydroxylation is 1. The lowest BCUT2D eigenvalue weighted by atomic mass is 10.1. The van der Waals surface area contributed by atoms with Gasteiger partial charge in [0.05, 0.1) is 0 Å². The number of carbonyl (C=O) groups excluding carboxylic acids is 2. The number of rotatable bonds is 8. The molecule has 0 saturated heterocycles. The maximum absolute atomic E-state index is 12.4. The van der Waals surface area contributed by atoms with E-state index < -0.39 is 18.5 Å². The van der Waals surface area contributed by atoms with Crippen LogP contribution in [0.25, 0.3) is 6.08 Å². The van der Waals surface area contributed by atoms with Crippen molar-refractivity contribution in [3.05, 3.63) is 46.8 Å². The molecule has 2 heterocycles. The van der Waals surface area contributed by atoms with E-state index in [2.05, 4.69) is 23.7 Å². The summed E-state index contributed by atoms with van der Waals surface area (Å²) in [6.45, 7) is 8.78. The highest BCUT2D eigenvalue weighted by atomic mass is 16.7. The summed E-state index contributed by atoms with van der Waals surface area (Å²) in [5, 5.41) is 12.1. The quantitative estimate of drug-likeness (QED) is 0.381. The van der Waals surface area contributed by atoms with Gasteiger partial charge >= 0.3 is 5.97 Å². The van der Waals surface area contributed by atoms with Crippen molar-refractivity contribution in [1.82, 2.24) is 4.57 Å². The van der Waals surface area contributed by atoms with Crippen LogP contribution in [0.4, 0.5) is 5.69 Å². The number of hydrogen-bond donors (Lipinski definition) is 1. The van der Waals surface area contributed by atoms with Crippen molar-refractivity contribution in [2.45, 2.75) is 40.7 Å². The lowest BCUT2D eigenvalue weighted by molar-refractivity contribution is -0.142. The van der Waals surface area contributed by atoms with Gasteiger partial charge in [0.25, 0.3) is 5.91 Å². The van der Waals surface area contributed by atoms with E-state index in [9.17, 15) is 14.9 Å². The van der Waals surface area contributed by atoms with Crippen LogP contribution >= 0.6 is 0 Å². The number of hydrogen-bond acceptors (Lipinski definition) is 6. The van der Waals surface area contributed by atoms with Gasteiger partial charge in [0.2, 0.25) is 6.79 Å². The van der Waals surface area contributed by atoms with E-state index in [-0.39, 0.29) is 12.4 Å². The molecule has 1 aromatic carbocycles. The zero-order valence-electron chi connectivity index (χ0n) is 18.7. The Hall–Kier alpha value is -3.73. The van der Waals surface area contributed by atoms with E-state index in [1.807, 2.05) is 26.0 Å². The molecule has 1 N–H and O–H groups in total. The molecule has 1 aliphatic rings. The van der Waals surface area contributed by atoms with Gasteiger partial charge in [0.1, 0.15) is 11.6 Å². The fraction of sp³-hybridized carbons (Fsp3) is 0.375. The molecule has 168 valence electrons. The molecule has 0 fully saturated rings. The van der Waals surface area contributed by atoms with Crippen LogP contribution in [0.15, 0.2) is 29.8 Å². The number of fused-ring (bicyclic) bond motifs is 1. The average molecular weight is 437 g/mol. The van der Waals surface area contributed by atoms with E-state index >= 15 is 0 Å². The maximum atomic E-state index is 12.4. The third-order valence-electron chi connectivity index (χ3n) is 5.17. The molecule has 0 radical (unpaired) electrons. The van der Waals surface area contributed by atoms with Crippen molar-refractivity contribution in [2.24, 2.45) is 5.92 Å². The van der Waals surface area contributed by atoms with E-state index in [0.717, 1.165) is 29.9 Å². The molecule has 1 aliphatic heterocycles. The Labute approximate surface area is 187 Å². The van der Waals surface area contributed by atoms with E-state index in [0.29, 0.717) is 23.1 Å². The molecule has 0 aliphatic carbocycles. The molecule has 0 saturated carbocycles. The van der Waals surface area contributed by atoms with Gasteiger partial charge in [-0.1, -0.05) is 13.8 Å². The van der Waals surface area contributed by atoms with Crippen LogP contribution in [0.3, 0.4) is 0 Å². The molecule has 3 rings (SSSR count). The van der Waals surface area contributed by atoms with Crippen molar-refractivity contribution in [3.63, 3.8) is 0 Å². The Kier molecular flexibility index (Phi) is 7.21. The van der Waals surface area contributed by atoms with Crippen molar-refractivity contribution < 1.29 is 23.8 Å². The minimum Gasteiger partial charge on any atom is -0.454 e. The molecule has 0 atom stereocenters. The molecule has 32 heavy (non-hydrogen) atoms. The molecule has 1 aromatic heterocycles. The number of ether oxygens (including phenoxy) is 3. The topological polar surface area (TPSA) is 103 Å². The van der Waals surface area contributed by atoms with Crippen molar-refractivity contribution in [1.29, 1.82) is 5.26 Å². The monoisotopic (exact) mass is 437 g/mol. The molecule has 1 amide bonds. The first-order chi connectivity index (χ1) is 15.3. The number of esters is 1. The molecular weight excluding hydrogens is 410 g/mol. The van der Waals surface area contributed by atoms with Gasteiger partial charge in [0, 0.05) is 29.7 Å². The Balaban J connectivity index is 1.61. The fourth-order valence-electron chi connectivity index (χ4n) is 3.38. The number of amides is 1. The average Bonchev–Trinajstić information content (AvgIpc) is 3.32. The summed E-state index contributed by atoms with van der Waals surface area (Å²) >= 11 is 0. The summed E-state index contributed by atoms with van der Waals surface area (Å²) in [6, 6.07) is 8.77. The predicted molar refractivity (Wildman–Crippen MR) is 119 cm³/mol. The van der Waals surface area contributed by atoms with Crippen LogP contribution in [0.5, 0.6) is 11.5 Å². The number of nitrogens with zero attached hydrogens (tertiary/aromatic N) is 2. The third kappa shape index (κ3) is 5.49. The lowest BCUT2D eigenvalue weighted by Crippen LogP contribution is -2.21. The van der Waals surface area contributed by atoms with E-state index in [1.165, 1.54) is 6.08 Å². The molecule has 0 bridgehead atoms. The largest absolute Gasteiger partial charge is 0.454 e. The maximum Gasteiger partial charge on any atom is 0.349 e. The van der Waals surface area contributed by atoms with Crippen LogP contribution in [0.1, 0.15) is 37.2 Å². The Morgan fingerprint density at radius 1 is 1.25 bits per heavy atom. The van der Waals surface area contributed by atoms with Gasteiger partial charge in [-0.3, -0.25) is 4.79 Å². The van der Waals surface area contributed by atoms with E-state index in [4.69, 9.17) is 14.2 Å². The Bertz CT molecular complexity index is 1090. The molecular formula is C24H27N3O5. The second kappa shape index (κ2) is 10.1. The lowest BCUT2D eigenvalue weighted by Gasteiger charge is -2.11. The van der Waals surface area contributed by atoms with Crippen LogP contribution in [-0.2, 0) is 20.9 Å². The van der Waals surface area contributed by atoms with Crippen LogP contribution in [0.2, 0.25) is 0 Å². The van der Waals surface area contributed by atoms with Crippen LogP contribution < -0.4 is 14.8 Å². The first-order valence-corrected chi connectivity index (χ1v) is 10.4. The second-order valence-electron chi connectivity index (χ2n) is 8.02. The van der Waals surface area contributed by atoms with Gasteiger partial charge in [-0.05, 0) is 56.0 Å². The first kappa shape index (κ1) is 22.9. The second-order valence-corrected chi connectivity index (χ2v) is 8.02. The molecule has 0 spiro atoms. The highest BCUT2D eigenvalue weighted by Crippen LogP contribution is 2.34. The number of nitrogens with one attached hydrogen (secondary N) is 1. The highest BCUT2D eigenvalue weighted by molar-refractivity contribution is 6.00. The first-order valence-electron chi connectivity index (χ1n) is 10.4. The summed E-state index contributed by atoms with van der Waals surface area (Å²) in [7, 11) is 0. The number of aromatic nitrogens is 1. The highest BCUT2D eigenvalue weighted by Gasteiger charge is 2.17. The minimum atomic E-state index is -0.847. The van der Waals surface area contributed by atoms with Gasteiger partial charge in [0.15, 0.2) is 18.1 Å². The number of carbonyl (C=O) groups is 2. The zero-order chi connectivity index (χ0) is 23.3. The number of benzene rings is 1. The summed E-state index contributed by atoms with van der Waals surface area (Å²) < 4.78 is 17.7. The number of anilines is 1. The molecule has 0 unspecified atom stereocenters. The van der Waals surface area contributed by atoms with E-state index in [1.54, 1.807) is 18.2 Å². The van der Waals surface area contributed by atoms with Crippen LogP contribution in [-0.4, -0.2) is 29.8 Å². The summed E-state index contributed by atoms with van der Waals surface area (Å²) in [5.41, 5.74) is 3.14. The van der Waals surface area contributed by atoms with Gasteiger partial charge < -0.3 is 24.1 Å². The summed E-state index contributed by atoms with van der Waals surface area (Å²) in [6.07, 6.45) is 2.54. The van der Waals surface area contributed by atoms with Crippen molar-refractivity contribution >= 4 is 23.6 Å². The van der Waals surface area contributed by atoms with Gasteiger partial charge in [-0.15, -0.1) is 0 Å². The van der Waals surface area contributed by atoms with Crippen molar-refractivity contribution in [3.8, 4) is 17.6 Å². The van der Waals surface area contributed by atoms with Crippen molar-refractivity contribution in [2.75, 3.05) is 18.7 Å². The van der Waals surface area contributed by atoms with Crippen LogP contribution in [0, 0.1) is 31.1 Å². The molecule has 2 aromatic rings. The smallest absolute Gasteiger partial charge is 0.349 e. The van der Waals surface area contributed by atoms with Gasteiger partial charge in [-0.25, -0.2) is 4.79 Å². The minimum absolute atomic E-state index is 0.133.